The molecular formula is C22H35NO3. The fourth-order valence-corrected chi connectivity index (χ4v) is 3.98. The number of phenolic OH excluding ortho intramolecular Hbond substituents is 1. The smallest absolute Gasteiger partial charge is 0.305 e. The van der Waals surface area contributed by atoms with Gasteiger partial charge in [0.15, 0.2) is 0 Å². The Balaban J connectivity index is 1.54. The van der Waals surface area contributed by atoms with Gasteiger partial charge >= 0.3 is 5.97 Å². The minimum absolute atomic E-state index is 0.0545. The Kier molecular flexibility index (Phi) is 9.54. The lowest BCUT2D eigenvalue weighted by molar-refractivity contribution is -0.143. The summed E-state index contributed by atoms with van der Waals surface area (Å²) in [6, 6.07) is 8.18. The third-order valence-electron chi connectivity index (χ3n) is 5.43. The van der Waals surface area contributed by atoms with Crippen LogP contribution in [0.15, 0.2) is 24.3 Å². The second-order valence-electron chi connectivity index (χ2n) is 7.43. The highest BCUT2D eigenvalue weighted by atomic mass is 16.5. The van der Waals surface area contributed by atoms with Crippen molar-refractivity contribution >= 4 is 5.97 Å². The van der Waals surface area contributed by atoms with Crippen LogP contribution in [0.1, 0.15) is 70.3 Å². The Labute approximate surface area is 158 Å². The Morgan fingerprint density at radius 2 is 1.92 bits per heavy atom. The monoisotopic (exact) mass is 361 g/mol. The van der Waals surface area contributed by atoms with Gasteiger partial charge in [0.05, 0.1) is 6.61 Å². The molecule has 0 aromatic heterocycles. The van der Waals surface area contributed by atoms with E-state index in [0.717, 1.165) is 31.7 Å². The number of carbonyl (C=O) groups is 1. The number of rotatable bonds is 12. The quantitative estimate of drug-likeness (QED) is 0.422. The number of hydrogen-bond donors (Lipinski definition) is 2. The molecule has 2 N–H and O–H groups in total. The highest BCUT2D eigenvalue weighted by molar-refractivity contribution is 5.69. The number of ether oxygens (including phenoxy) is 1. The van der Waals surface area contributed by atoms with Crippen LogP contribution in [0, 0.1) is 5.92 Å². The zero-order valence-electron chi connectivity index (χ0n) is 16.2. The molecule has 1 aliphatic rings. The van der Waals surface area contributed by atoms with Crippen LogP contribution < -0.4 is 5.32 Å². The van der Waals surface area contributed by atoms with Crippen molar-refractivity contribution in [2.75, 3.05) is 13.2 Å². The van der Waals surface area contributed by atoms with Gasteiger partial charge in [0.2, 0.25) is 0 Å². The number of unbranched alkanes of at least 4 members (excludes halogenated alkanes) is 3. The van der Waals surface area contributed by atoms with E-state index in [1.165, 1.54) is 44.1 Å². The lowest BCUT2D eigenvalue weighted by Gasteiger charge is -2.21. The SMILES string of the molecule is CCOC(=O)CCCCCCC1CCCC1NCCc1ccc(O)cc1. The van der Waals surface area contributed by atoms with Gasteiger partial charge in [0.25, 0.3) is 0 Å². The van der Waals surface area contributed by atoms with Crippen molar-refractivity contribution in [2.24, 2.45) is 5.92 Å². The van der Waals surface area contributed by atoms with Crippen molar-refractivity contribution in [1.82, 2.24) is 5.32 Å². The second-order valence-corrected chi connectivity index (χ2v) is 7.43. The van der Waals surface area contributed by atoms with E-state index in [9.17, 15) is 9.90 Å². The van der Waals surface area contributed by atoms with Crippen molar-refractivity contribution in [3.63, 3.8) is 0 Å². The molecule has 0 spiro atoms. The van der Waals surface area contributed by atoms with Crippen molar-refractivity contribution < 1.29 is 14.6 Å². The summed E-state index contributed by atoms with van der Waals surface area (Å²) in [5, 5.41) is 13.1. The first-order valence-electron chi connectivity index (χ1n) is 10.4. The number of benzene rings is 1. The molecule has 0 amide bonds. The molecule has 0 heterocycles. The molecule has 2 atom stereocenters. The van der Waals surface area contributed by atoms with E-state index in [-0.39, 0.29) is 5.97 Å². The average molecular weight is 362 g/mol. The summed E-state index contributed by atoms with van der Waals surface area (Å²) in [5.74, 6) is 1.08. The van der Waals surface area contributed by atoms with E-state index in [4.69, 9.17) is 4.74 Å². The number of carbonyl (C=O) groups excluding carboxylic acids is 1. The van der Waals surface area contributed by atoms with Gasteiger partial charge in [-0.05, 0) is 69.2 Å². The largest absolute Gasteiger partial charge is 0.508 e. The van der Waals surface area contributed by atoms with Gasteiger partial charge in [-0.1, -0.05) is 37.8 Å². The average Bonchev–Trinajstić information content (AvgIpc) is 3.07. The lowest BCUT2D eigenvalue weighted by Crippen LogP contribution is -2.33. The van der Waals surface area contributed by atoms with Crippen LogP contribution in [-0.2, 0) is 16.0 Å². The molecule has 1 fully saturated rings. The minimum Gasteiger partial charge on any atom is -0.508 e. The Bertz CT molecular complexity index is 515. The zero-order chi connectivity index (χ0) is 18.6. The first-order valence-corrected chi connectivity index (χ1v) is 10.4. The summed E-state index contributed by atoms with van der Waals surface area (Å²) < 4.78 is 4.96. The lowest BCUT2D eigenvalue weighted by atomic mass is 9.95. The molecule has 0 bridgehead atoms. The van der Waals surface area contributed by atoms with Gasteiger partial charge in [-0.25, -0.2) is 0 Å². The van der Waals surface area contributed by atoms with Crippen LogP contribution in [0.2, 0.25) is 0 Å². The van der Waals surface area contributed by atoms with Crippen molar-refractivity contribution in [3.05, 3.63) is 29.8 Å². The summed E-state index contributed by atoms with van der Waals surface area (Å²) >= 11 is 0. The molecular weight excluding hydrogens is 326 g/mol. The van der Waals surface area contributed by atoms with Crippen LogP contribution in [0.25, 0.3) is 0 Å². The highest BCUT2D eigenvalue weighted by Crippen LogP contribution is 2.30. The van der Waals surface area contributed by atoms with Crippen LogP contribution >= 0.6 is 0 Å². The molecule has 0 radical (unpaired) electrons. The fraction of sp³-hybridized carbons (Fsp3) is 0.682. The maximum absolute atomic E-state index is 11.3. The van der Waals surface area contributed by atoms with Gasteiger partial charge in [0, 0.05) is 12.5 Å². The van der Waals surface area contributed by atoms with Crippen LogP contribution in [0.5, 0.6) is 5.75 Å². The first-order chi connectivity index (χ1) is 12.7. The van der Waals surface area contributed by atoms with Gasteiger partial charge in [-0.15, -0.1) is 0 Å². The summed E-state index contributed by atoms with van der Waals surface area (Å²) in [6.07, 6.45) is 11.4. The topological polar surface area (TPSA) is 58.6 Å². The van der Waals surface area contributed by atoms with E-state index in [2.05, 4.69) is 5.32 Å². The second kappa shape index (κ2) is 11.9. The third kappa shape index (κ3) is 7.77. The zero-order valence-corrected chi connectivity index (χ0v) is 16.2. The van der Waals surface area contributed by atoms with E-state index in [1.807, 2.05) is 19.1 Å². The minimum atomic E-state index is -0.0545. The van der Waals surface area contributed by atoms with Gasteiger partial charge in [-0.2, -0.15) is 0 Å². The Morgan fingerprint density at radius 1 is 1.15 bits per heavy atom. The molecule has 1 aliphatic carbocycles. The predicted molar refractivity (Wildman–Crippen MR) is 105 cm³/mol. The molecule has 1 aromatic carbocycles. The normalized spacial score (nSPS) is 19.6. The number of aromatic hydroxyl groups is 1. The maximum atomic E-state index is 11.3. The van der Waals surface area contributed by atoms with Crippen molar-refractivity contribution in [1.29, 1.82) is 0 Å². The number of hydrogen-bond acceptors (Lipinski definition) is 4. The molecule has 26 heavy (non-hydrogen) atoms. The number of phenols is 1. The molecule has 1 aromatic rings. The molecule has 2 rings (SSSR count). The van der Waals surface area contributed by atoms with Crippen molar-refractivity contribution in [3.8, 4) is 5.75 Å². The summed E-state index contributed by atoms with van der Waals surface area (Å²) in [6.45, 7) is 3.35. The number of esters is 1. The molecule has 1 saturated carbocycles. The van der Waals surface area contributed by atoms with Gasteiger partial charge in [0.1, 0.15) is 5.75 Å². The van der Waals surface area contributed by atoms with Gasteiger partial charge < -0.3 is 15.2 Å². The Hall–Kier alpha value is -1.55. The van der Waals surface area contributed by atoms with E-state index in [0.29, 0.717) is 24.8 Å². The molecule has 2 unspecified atom stereocenters. The van der Waals surface area contributed by atoms with Crippen LogP contribution in [0.3, 0.4) is 0 Å². The molecule has 0 aliphatic heterocycles. The predicted octanol–water partition coefficient (Wildman–Crippen LogP) is 4.60. The van der Waals surface area contributed by atoms with Crippen LogP contribution in [-0.4, -0.2) is 30.3 Å². The molecule has 0 saturated heterocycles. The van der Waals surface area contributed by atoms with E-state index >= 15 is 0 Å². The van der Waals surface area contributed by atoms with Crippen LogP contribution in [0.4, 0.5) is 0 Å². The van der Waals surface area contributed by atoms with Gasteiger partial charge in [-0.3, -0.25) is 4.79 Å². The number of nitrogens with one attached hydrogen (secondary N) is 1. The highest BCUT2D eigenvalue weighted by Gasteiger charge is 2.25. The maximum Gasteiger partial charge on any atom is 0.305 e. The molecule has 4 nitrogen and oxygen atoms in total. The summed E-state index contributed by atoms with van der Waals surface area (Å²) in [7, 11) is 0. The Morgan fingerprint density at radius 3 is 2.69 bits per heavy atom. The third-order valence-corrected chi connectivity index (χ3v) is 5.43. The summed E-state index contributed by atoms with van der Waals surface area (Å²) in [4.78, 5) is 11.3. The van der Waals surface area contributed by atoms with Crippen molar-refractivity contribution in [2.45, 2.75) is 77.2 Å². The van der Waals surface area contributed by atoms with E-state index < -0.39 is 0 Å². The molecule has 146 valence electrons. The summed E-state index contributed by atoms with van der Waals surface area (Å²) in [5.41, 5.74) is 1.27. The fourth-order valence-electron chi connectivity index (χ4n) is 3.98. The molecule has 4 heteroatoms. The standard InChI is InChI=1S/C22H35NO3/c1-2-26-22(25)11-6-4-3-5-8-19-9-7-10-21(19)23-17-16-18-12-14-20(24)15-13-18/h12-15,19,21,23-24H,2-11,16-17H2,1H3. The van der Waals surface area contributed by atoms with E-state index in [1.54, 1.807) is 12.1 Å². The first kappa shape index (κ1) is 20.8.